The van der Waals surface area contributed by atoms with Gasteiger partial charge >= 0.3 is 0 Å². The first kappa shape index (κ1) is 27.2. The summed E-state index contributed by atoms with van der Waals surface area (Å²) in [5, 5.41) is 0. The lowest BCUT2D eigenvalue weighted by Gasteiger charge is -2.16. The Morgan fingerprint density at radius 3 is 1.60 bits per heavy atom. The summed E-state index contributed by atoms with van der Waals surface area (Å²) >= 11 is 7.66. The van der Waals surface area contributed by atoms with Crippen LogP contribution in [0.15, 0.2) is 36.4 Å². The van der Waals surface area contributed by atoms with E-state index in [2.05, 4.69) is 83.0 Å². The topological polar surface area (TPSA) is 18.5 Å². The maximum Gasteiger partial charge on any atom is 0.183 e. The van der Waals surface area contributed by atoms with Crippen molar-refractivity contribution < 1.29 is 8.85 Å². The first-order valence-corrected chi connectivity index (χ1v) is 21.7. The van der Waals surface area contributed by atoms with Crippen LogP contribution in [0.1, 0.15) is 20.9 Å². The number of aryl methyl sites for hydroxylation is 2. The molecule has 4 aromatic heterocycles. The maximum atomic E-state index is 6.14. The van der Waals surface area contributed by atoms with Crippen LogP contribution < -0.4 is 0 Å². The standard InChI is InChI=1S/C27H36O2S4Si2/c1-18-16-20(12-14-28-34(3)4)26(30-18)24-10-8-22(32-24)23-9-11-25(33-23)27-21(17-19(2)31-27)13-15-29-35(5,6)7/h8-11,16-17,34H,12-15H2,1-7H3. The Balaban J connectivity index is 1.52. The Hall–Kier alpha value is -0.846. The first-order valence-electron chi connectivity index (χ1n) is 12.2. The van der Waals surface area contributed by atoms with Crippen molar-refractivity contribution in [3.05, 3.63) is 57.3 Å². The van der Waals surface area contributed by atoms with Crippen molar-refractivity contribution in [1.82, 2.24) is 0 Å². The van der Waals surface area contributed by atoms with E-state index in [1.54, 1.807) is 0 Å². The molecule has 188 valence electrons. The second-order valence-corrected chi connectivity index (χ2v) is 21.8. The van der Waals surface area contributed by atoms with E-state index in [0.717, 1.165) is 26.1 Å². The van der Waals surface area contributed by atoms with Crippen LogP contribution in [-0.2, 0) is 21.7 Å². The molecule has 35 heavy (non-hydrogen) atoms. The molecule has 0 aliphatic rings. The normalized spacial score (nSPS) is 12.2. The van der Waals surface area contributed by atoms with E-state index in [1.807, 2.05) is 45.3 Å². The monoisotopic (exact) mass is 576 g/mol. The summed E-state index contributed by atoms with van der Waals surface area (Å²) in [6.45, 7) is 17.3. The van der Waals surface area contributed by atoms with E-state index in [4.69, 9.17) is 8.85 Å². The zero-order valence-corrected chi connectivity index (χ0v) is 27.2. The molecular weight excluding hydrogens is 541 g/mol. The Morgan fingerprint density at radius 1 is 0.686 bits per heavy atom. The average Bonchev–Trinajstić information content (AvgIpc) is 3.53. The largest absolute Gasteiger partial charge is 0.420 e. The van der Waals surface area contributed by atoms with Crippen molar-refractivity contribution in [2.45, 2.75) is 59.4 Å². The summed E-state index contributed by atoms with van der Waals surface area (Å²) in [6.07, 6.45) is 1.99. The van der Waals surface area contributed by atoms with E-state index in [0.29, 0.717) is 0 Å². The highest BCUT2D eigenvalue weighted by molar-refractivity contribution is 7.28. The summed E-state index contributed by atoms with van der Waals surface area (Å²) in [5.74, 6) is 0. The first-order chi connectivity index (χ1) is 16.6. The lowest BCUT2D eigenvalue weighted by molar-refractivity contribution is 0.316. The van der Waals surface area contributed by atoms with Crippen LogP contribution in [-0.4, -0.2) is 30.6 Å². The van der Waals surface area contributed by atoms with Crippen molar-refractivity contribution in [2.75, 3.05) is 13.2 Å². The van der Waals surface area contributed by atoms with Crippen LogP contribution in [0.2, 0.25) is 32.7 Å². The molecule has 4 heterocycles. The smallest absolute Gasteiger partial charge is 0.183 e. The van der Waals surface area contributed by atoms with Gasteiger partial charge in [0.05, 0.1) is 0 Å². The minimum atomic E-state index is -1.48. The lowest BCUT2D eigenvalue weighted by Crippen LogP contribution is -2.26. The molecule has 0 aliphatic heterocycles. The van der Waals surface area contributed by atoms with Crippen LogP contribution >= 0.6 is 45.3 Å². The second kappa shape index (κ2) is 11.7. The predicted molar refractivity (Wildman–Crippen MR) is 165 cm³/mol. The van der Waals surface area contributed by atoms with Gasteiger partial charge in [0.2, 0.25) is 0 Å². The molecule has 0 N–H and O–H groups in total. The fraction of sp³-hybridized carbons (Fsp3) is 0.407. The Bertz CT molecular complexity index is 1260. The van der Waals surface area contributed by atoms with Crippen molar-refractivity contribution >= 4 is 62.7 Å². The lowest BCUT2D eigenvalue weighted by atomic mass is 10.1. The van der Waals surface area contributed by atoms with Gasteiger partial charge in [0.15, 0.2) is 17.4 Å². The molecule has 0 spiro atoms. The predicted octanol–water partition coefficient (Wildman–Crippen LogP) is 9.49. The van der Waals surface area contributed by atoms with Gasteiger partial charge in [-0.25, -0.2) is 0 Å². The number of rotatable bonds is 11. The molecule has 0 atom stereocenters. The average molecular weight is 577 g/mol. The summed E-state index contributed by atoms with van der Waals surface area (Å²) < 4.78 is 12.1. The van der Waals surface area contributed by atoms with Crippen molar-refractivity contribution in [2.24, 2.45) is 0 Å². The van der Waals surface area contributed by atoms with Crippen LogP contribution in [0.4, 0.5) is 0 Å². The Morgan fingerprint density at radius 2 is 1.14 bits per heavy atom. The zero-order valence-electron chi connectivity index (χ0n) is 21.8. The van der Waals surface area contributed by atoms with Crippen molar-refractivity contribution in [1.29, 1.82) is 0 Å². The molecular formula is C27H36O2S4Si2. The molecule has 2 nitrogen and oxygen atoms in total. The van der Waals surface area contributed by atoms with Crippen LogP contribution in [0.25, 0.3) is 29.3 Å². The minimum absolute atomic E-state index is 0.818. The van der Waals surface area contributed by atoms with E-state index in [9.17, 15) is 0 Å². The van der Waals surface area contributed by atoms with Gasteiger partial charge in [0, 0.05) is 52.2 Å². The highest BCUT2D eigenvalue weighted by atomic mass is 32.1. The molecule has 0 radical (unpaired) electrons. The molecule has 0 aromatic carbocycles. The van der Waals surface area contributed by atoms with Crippen molar-refractivity contribution in [3.63, 3.8) is 0 Å². The number of hydrogen-bond acceptors (Lipinski definition) is 6. The Kier molecular flexibility index (Phi) is 9.08. The maximum absolute atomic E-state index is 6.14. The van der Waals surface area contributed by atoms with Gasteiger partial charge in [-0.15, -0.1) is 45.3 Å². The number of hydrogen-bond donors (Lipinski definition) is 0. The van der Waals surface area contributed by atoms with Gasteiger partial charge in [-0.05, 0) is 107 Å². The van der Waals surface area contributed by atoms with Gasteiger partial charge in [0.1, 0.15) is 0 Å². The van der Waals surface area contributed by atoms with E-state index in [-0.39, 0.29) is 0 Å². The molecule has 4 aromatic rings. The minimum Gasteiger partial charge on any atom is -0.420 e. The quantitative estimate of drug-likeness (QED) is 0.166. The van der Waals surface area contributed by atoms with Gasteiger partial charge < -0.3 is 8.85 Å². The molecule has 4 rings (SSSR count). The third kappa shape index (κ3) is 7.35. The van der Waals surface area contributed by atoms with Gasteiger partial charge in [-0.2, -0.15) is 0 Å². The van der Waals surface area contributed by atoms with E-state index in [1.165, 1.54) is 50.1 Å². The molecule has 0 saturated carbocycles. The molecule has 0 fully saturated rings. The van der Waals surface area contributed by atoms with E-state index >= 15 is 0 Å². The van der Waals surface area contributed by atoms with Gasteiger partial charge in [-0.3, -0.25) is 0 Å². The SMILES string of the molecule is Cc1cc(CCO[SiH](C)C)c(-c2ccc(-c3ccc(-c4sc(C)cc4CCO[Si](C)(C)C)s3)s2)s1. The highest BCUT2D eigenvalue weighted by Crippen LogP contribution is 2.45. The fourth-order valence-corrected chi connectivity index (χ4v) is 9.80. The third-order valence-corrected chi connectivity index (χ3v) is 12.4. The van der Waals surface area contributed by atoms with E-state index < -0.39 is 17.4 Å². The van der Waals surface area contributed by atoms with Crippen LogP contribution in [0, 0.1) is 13.8 Å². The van der Waals surface area contributed by atoms with Crippen molar-refractivity contribution in [3.8, 4) is 29.3 Å². The Labute approximate surface area is 229 Å². The zero-order chi connectivity index (χ0) is 25.2. The fourth-order valence-electron chi connectivity index (χ4n) is 3.98. The molecule has 0 unspecified atom stereocenters. The summed E-state index contributed by atoms with van der Waals surface area (Å²) in [6, 6.07) is 13.9. The van der Waals surface area contributed by atoms with Gasteiger partial charge in [-0.1, -0.05) is 0 Å². The number of thiophene rings is 4. The molecule has 0 bridgehead atoms. The summed E-state index contributed by atoms with van der Waals surface area (Å²) in [5.41, 5.74) is 2.86. The molecule has 0 saturated heterocycles. The van der Waals surface area contributed by atoms with Crippen LogP contribution in [0.3, 0.4) is 0 Å². The second-order valence-electron chi connectivity index (χ2n) is 10.1. The third-order valence-electron chi connectivity index (χ3n) is 5.50. The molecule has 8 heteroatoms. The summed E-state index contributed by atoms with van der Waals surface area (Å²) in [4.78, 5) is 11.1. The van der Waals surface area contributed by atoms with Gasteiger partial charge in [0.25, 0.3) is 0 Å². The summed E-state index contributed by atoms with van der Waals surface area (Å²) in [7, 11) is -2.45. The molecule has 0 aliphatic carbocycles. The van der Waals surface area contributed by atoms with Crippen LogP contribution in [0.5, 0.6) is 0 Å². The highest BCUT2D eigenvalue weighted by Gasteiger charge is 2.18. The molecule has 0 amide bonds.